The van der Waals surface area contributed by atoms with Crippen molar-refractivity contribution >= 4 is 107 Å². The maximum atomic E-state index is 14.3. The molecule has 4 fully saturated rings. The second-order valence-corrected chi connectivity index (χ2v) is 39.1. The summed E-state index contributed by atoms with van der Waals surface area (Å²) in [5.74, 6) is -6.55. The molecule has 1 heterocycles. The number of anilines is 4. The number of aryl methyl sites for hydroxylation is 4. The minimum absolute atomic E-state index is 0. The van der Waals surface area contributed by atoms with Gasteiger partial charge in [0.25, 0.3) is 0 Å². The molecule has 4 aliphatic rings. The van der Waals surface area contributed by atoms with Crippen molar-refractivity contribution in [2.75, 3.05) is 66.5 Å². The number of carboxylic acid groups (broad SMARTS) is 1. The van der Waals surface area contributed by atoms with Crippen molar-refractivity contribution < 1.29 is 99.2 Å². The van der Waals surface area contributed by atoms with Crippen LogP contribution in [0.1, 0.15) is 239 Å². The van der Waals surface area contributed by atoms with E-state index in [4.69, 9.17) is 29.8 Å². The van der Waals surface area contributed by atoms with E-state index in [0.29, 0.717) is 27.9 Å². The summed E-state index contributed by atoms with van der Waals surface area (Å²) in [6, 6.07) is 47.3. The predicted octanol–water partition coefficient (Wildman–Crippen LogP) is 17.2. The van der Waals surface area contributed by atoms with Crippen LogP contribution in [0.3, 0.4) is 0 Å². The van der Waals surface area contributed by atoms with Crippen LogP contribution in [-0.2, 0) is 68.6 Å². The molecular formula is C112H144ClF4N15O18. The topological polar surface area (TPSA) is 435 Å². The predicted molar refractivity (Wildman–Crippen MR) is 568 cm³/mol. The van der Waals surface area contributed by atoms with Crippen LogP contribution in [0.4, 0.5) is 54.7 Å². The van der Waals surface area contributed by atoms with Crippen LogP contribution in [0.25, 0.3) is 0 Å². The number of benzene rings is 8. The highest BCUT2D eigenvalue weighted by Gasteiger charge is 2.41. The molecule has 12 amide bonds. The van der Waals surface area contributed by atoms with Crippen LogP contribution in [0.5, 0.6) is 0 Å². The van der Waals surface area contributed by atoms with Crippen LogP contribution in [0.2, 0.25) is 0 Å². The number of methoxy groups -OCH3 is 2. The Kier molecular flexibility index (Phi) is 48.7. The number of hydrogen-bond acceptors (Lipinski definition) is 18. The van der Waals surface area contributed by atoms with Gasteiger partial charge in [-0.2, -0.15) is 0 Å². The third-order valence-electron chi connectivity index (χ3n) is 25.3. The highest BCUT2D eigenvalue weighted by Crippen LogP contribution is 2.38. The quantitative estimate of drug-likeness (QED) is 0.0134. The van der Waals surface area contributed by atoms with Gasteiger partial charge in [0, 0.05) is 73.5 Å². The van der Waals surface area contributed by atoms with Gasteiger partial charge in [0.15, 0.2) is 6.29 Å². The van der Waals surface area contributed by atoms with Crippen molar-refractivity contribution in [3.8, 4) is 0 Å². The summed E-state index contributed by atoms with van der Waals surface area (Å²) >= 11 is 0. The number of amides is 12. The van der Waals surface area contributed by atoms with Crippen molar-refractivity contribution in [3.05, 3.63) is 285 Å². The number of halogens is 5. The fourth-order valence-electron chi connectivity index (χ4n) is 18.1. The van der Waals surface area contributed by atoms with Crippen LogP contribution in [0, 0.1) is 51.0 Å². The normalized spacial score (nSPS) is 14.5. The zero-order valence-corrected chi connectivity index (χ0v) is 88.1. The monoisotopic (exact) mass is 2100 g/mol. The summed E-state index contributed by atoms with van der Waals surface area (Å²) in [6.07, 6.45) is 20.9. The molecule has 0 bridgehead atoms. The maximum Gasteiger partial charge on any atom is 0.408 e. The van der Waals surface area contributed by atoms with Gasteiger partial charge in [0.05, 0.1) is 19.6 Å². The highest BCUT2D eigenvalue weighted by molar-refractivity contribution is 6.06. The van der Waals surface area contributed by atoms with Gasteiger partial charge in [-0.25, -0.2) is 36.7 Å². The number of carboxylic acids is 1. The van der Waals surface area contributed by atoms with Crippen LogP contribution in [-0.4, -0.2) is 175 Å². The van der Waals surface area contributed by atoms with Gasteiger partial charge in [-0.3, -0.25) is 67.3 Å². The molecule has 13 rings (SSSR count). The number of nitrogens with two attached hydrogens (primary N) is 1. The molecule has 0 saturated heterocycles. The van der Waals surface area contributed by atoms with Crippen molar-refractivity contribution in [2.24, 2.45) is 5.73 Å². The van der Waals surface area contributed by atoms with E-state index in [1.807, 2.05) is 100 Å². The van der Waals surface area contributed by atoms with E-state index in [2.05, 4.69) is 47.5 Å². The Morgan fingerprint density at radius 2 is 0.673 bits per heavy atom. The molecule has 0 radical (unpaired) electrons. The molecule has 1 aromatic heterocycles. The van der Waals surface area contributed by atoms with E-state index in [-0.39, 0.29) is 96.9 Å². The Labute approximate surface area is 880 Å². The molecule has 810 valence electrons. The largest absolute Gasteiger partial charge is 0.480 e. The van der Waals surface area contributed by atoms with Crippen molar-refractivity contribution in [2.45, 2.75) is 270 Å². The molecule has 12 N–H and O–H groups in total. The summed E-state index contributed by atoms with van der Waals surface area (Å²) in [6.45, 7) is 16.0. The standard InChI is InChI=1S/C28H37FN4O5.C28H36FN3O4.C26H29FN4O3.C23H28FN3O2.C7H13NO4.ClH/c1-19-10-7-8-15-23(19)26(27(35)32-21-12-5-4-6-13-21)33(22-14-9-11-20(29)16-22)24(34)17-30-28(36)31-18-25(37-2)38-3;1-19-11-8-9-16-23(19)25(26(34)31-21-13-6-5-7-14-21)32(22-15-10-12-20(29)17-22)24(33)18-30-27(35)36-28(2,3)4;1-18-8-5-6-13-22(18)24(25(33)29-20-10-3-2-4-11-20)31(21-12-7-9-19(27)16-21)23(32)17-30-15-14-28-26(30)34;1-16-8-5-6-13-20(16)22(23(29)26-18-10-3-2-4-11-18)27(21(28)15-25)19-12-7-9-17(24)14-19;1-7(2,3)12-6(11)8-4-5(9)10;/h7-11,14-16,21,25-26H,4-6,12-13,17-18H2,1-3H3,(H,32,35)(H2,30,31,36);8-12,15-17,21,25H,5-7,13-14,18H2,1-4H3,(H,30,35)(H,31,34);5-9,12-16,20,24H,2-4,10-11,17H2,1H3,(H,28,34)(H,29,33);5-9,12-14,18,22H,2-4,10-11,15,25H2,1H3,(H,26,29);4H2,1-3H3,(H,8,11)(H,9,10);1H. The SMILES string of the molecule is CC(C)(C)OC(=O)NCC(=O)O.COC(CNC(=O)NCC(=O)N(c1cccc(F)c1)C(C(=O)NC1CCCCC1)c1ccccc1C)OC.Cc1ccccc1C(C(=O)NC1CCCCC1)N(C(=O)CN)c1cccc(F)c1.Cc1ccccc1C(C(=O)NC1CCCCC1)N(C(=O)CNC(=O)OC(C)(C)C)c1cccc(F)c1.Cc1ccccc1C(C(=O)NC1CCCCC1)N(C(=O)Cn1cc[nH]c1=O)c1cccc(F)c1.Cl. The number of H-pyrrole nitrogens is 1. The summed E-state index contributed by atoms with van der Waals surface area (Å²) in [7, 11) is 2.89. The van der Waals surface area contributed by atoms with Gasteiger partial charge in [0.1, 0.15) is 78.3 Å². The number of aliphatic carboxylic acids is 1. The van der Waals surface area contributed by atoms with E-state index >= 15 is 0 Å². The van der Waals surface area contributed by atoms with Crippen LogP contribution in [0.15, 0.2) is 211 Å². The van der Waals surface area contributed by atoms with Gasteiger partial charge in [-0.05, 0) is 238 Å². The molecule has 9 aromatic rings. The third kappa shape index (κ3) is 38.4. The van der Waals surface area contributed by atoms with E-state index in [9.17, 15) is 79.9 Å². The van der Waals surface area contributed by atoms with Gasteiger partial charge in [-0.15, -0.1) is 12.4 Å². The van der Waals surface area contributed by atoms with Gasteiger partial charge < -0.3 is 77.3 Å². The molecule has 4 aliphatic carbocycles. The first-order chi connectivity index (χ1) is 71.1. The number of ether oxygens (including phenoxy) is 4. The van der Waals surface area contributed by atoms with Crippen molar-refractivity contribution in [3.63, 3.8) is 0 Å². The Morgan fingerprint density at radius 1 is 0.393 bits per heavy atom. The molecule has 33 nitrogen and oxygen atoms in total. The second-order valence-electron chi connectivity index (χ2n) is 39.1. The third-order valence-corrected chi connectivity index (χ3v) is 25.3. The number of carbonyl (C=O) groups excluding carboxylic acids is 11. The molecule has 150 heavy (non-hydrogen) atoms. The Balaban J connectivity index is 0.000000235. The first-order valence-electron chi connectivity index (χ1n) is 50.6. The lowest BCUT2D eigenvalue weighted by molar-refractivity contribution is -0.136. The summed E-state index contributed by atoms with van der Waals surface area (Å²) in [5, 5.41) is 30.3. The minimum atomic E-state index is -1.10. The fraction of sp³-hybridized carbons (Fsp3) is 0.438. The first kappa shape index (κ1) is 121. The molecule has 4 saturated carbocycles. The number of rotatable bonds is 33. The molecule has 4 atom stereocenters. The lowest BCUT2D eigenvalue weighted by atomic mass is 9.93. The maximum absolute atomic E-state index is 14.3. The zero-order valence-electron chi connectivity index (χ0n) is 87.3. The highest BCUT2D eigenvalue weighted by atomic mass is 35.5. The first-order valence-corrected chi connectivity index (χ1v) is 50.6. The number of hydrogen-bond donors (Lipinski definition) is 11. The van der Waals surface area contributed by atoms with Crippen LogP contribution >= 0.6 is 12.4 Å². The molecule has 0 spiro atoms. The van der Waals surface area contributed by atoms with Crippen LogP contribution < -0.4 is 73.6 Å². The zero-order chi connectivity index (χ0) is 108. The Hall–Kier alpha value is -14.3. The fourth-order valence-corrected chi connectivity index (χ4v) is 18.1. The smallest absolute Gasteiger partial charge is 0.408 e. The molecule has 8 aromatic carbocycles. The van der Waals surface area contributed by atoms with E-state index in [1.54, 1.807) is 90.1 Å². The van der Waals surface area contributed by atoms with Gasteiger partial charge in [-0.1, -0.05) is 198 Å². The number of urea groups is 1. The second kappa shape index (κ2) is 60.4. The lowest BCUT2D eigenvalue weighted by Crippen LogP contribution is -2.51. The average Bonchev–Trinajstić information content (AvgIpc) is 0.993. The number of aromatic amines is 1. The molecule has 0 aliphatic heterocycles. The van der Waals surface area contributed by atoms with Gasteiger partial charge >= 0.3 is 29.9 Å². The average molecular weight is 2100 g/mol. The molecule has 4 unspecified atom stereocenters. The number of carbonyl (C=O) groups is 12. The summed E-state index contributed by atoms with van der Waals surface area (Å²) in [4.78, 5) is 174. The summed E-state index contributed by atoms with van der Waals surface area (Å²) < 4.78 is 78.1. The number of nitrogens with one attached hydrogen (secondary N) is 9. The molecule has 38 heteroatoms. The lowest BCUT2D eigenvalue weighted by Gasteiger charge is -2.34. The Bertz CT molecular complexity index is 6010. The molecular weight excluding hydrogens is 1950 g/mol. The number of alkyl carbamates (subject to hydrolysis) is 2. The van der Waals surface area contributed by atoms with E-state index in [0.717, 1.165) is 144 Å². The van der Waals surface area contributed by atoms with Gasteiger partial charge in [0.2, 0.25) is 47.3 Å². The van der Waals surface area contributed by atoms with E-state index in [1.165, 1.54) is 130 Å². The number of aromatic nitrogens is 2. The number of imidazole rings is 1. The Morgan fingerprint density at radius 3 is 0.933 bits per heavy atom. The van der Waals surface area contributed by atoms with Crippen molar-refractivity contribution in [1.29, 1.82) is 0 Å². The summed E-state index contributed by atoms with van der Waals surface area (Å²) in [5.41, 5.74) is 10.8. The van der Waals surface area contributed by atoms with Crippen molar-refractivity contribution in [1.82, 2.24) is 52.1 Å². The number of nitrogens with zero attached hydrogens (tertiary/aromatic N) is 5. The minimum Gasteiger partial charge on any atom is -0.480 e. The van der Waals surface area contributed by atoms with E-state index < -0.39 is 138 Å².